The van der Waals surface area contributed by atoms with Gasteiger partial charge in [0.25, 0.3) is 0 Å². The van der Waals surface area contributed by atoms with Crippen molar-refractivity contribution in [2.45, 2.75) is 144 Å². The average Bonchev–Trinajstić information content (AvgIpc) is 3.23. The quantitative estimate of drug-likeness (QED) is 0.393. The van der Waals surface area contributed by atoms with Crippen LogP contribution in [0, 0.1) is 53.3 Å². The van der Waals surface area contributed by atoms with Gasteiger partial charge in [-0.15, -0.1) is 0 Å². The molecule has 4 rings (SSSR count). The third-order valence-corrected chi connectivity index (χ3v) is 10.4. The zero-order chi connectivity index (χ0) is 22.2. The Morgan fingerprint density at radius 3 is 1.84 bits per heavy atom. The molecule has 0 amide bonds. The van der Waals surface area contributed by atoms with E-state index in [1.54, 1.807) is 57.8 Å². The lowest BCUT2D eigenvalue weighted by atomic mass is 9.56. The molecule has 31 heavy (non-hydrogen) atoms. The highest BCUT2D eigenvalue weighted by Gasteiger charge is 2.47. The lowest BCUT2D eigenvalue weighted by Gasteiger charge is -2.49. The molecule has 0 bridgehead atoms. The van der Waals surface area contributed by atoms with Gasteiger partial charge in [-0.2, -0.15) is 0 Å². The van der Waals surface area contributed by atoms with Gasteiger partial charge in [0.1, 0.15) is 0 Å². The molecule has 4 fully saturated rings. The fraction of sp³-hybridized carbons (Fsp3) is 1.00. The number of hydrogen-bond donors (Lipinski definition) is 0. The average molecular weight is 431 g/mol. The van der Waals surface area contributed by atoms with Crippen LogP contribution >= 0.6 is 0 Å². The summed E-state index contributed by atoms with van der Waals surface area (Å²) in [6, 6.07) is 0. The van der Waals surface area contributed by atoms with Crippen molar-refractivity contribution in [3.8, 4) is 0 Å². The molecule has 4 aliphatic rings. The van der Waals surface area contributed by atoms with Gasteiger partial charge < -0.3 is 0 Å². The van der Waals surface area contributed by atoms with Crippen molar-refractivity contribution in [1.82, 2.24) is 0 Å². The molecule has 0 aliphatic heterocycles. The Hall–Kier alpha value is 0. The Morgan fingerprint density at radius 2 is 1.26 bits per heavy atom. The van der Waals surface area contributed by atoms with Gasteiger partial charge in [0.2, 0.25) is 0 Å². The molecule has 0 heteroatoms. The molecule has 0 N–H and O–H groups in total. The van der Waals surface area contributed by atoms with Gasteiger partial charge in [0, 0.05) is 0 Å². The molecule has 4 aliphatic carbocycles. The predicted molar refractivity (Wildman–Crippen MR) is 138 cm³/mol. The minimum absolute atomic E-state index is 1.01. The molecular weight excluding hydrogens is 372 g/mol. The van der Waals surface area contributed by atoms with Crippen molar-refractivity contribution in [1.29, 1.82) is 0 Å². The summed E-state index contributed by atoms with van der Waals surface area (Å²) in [5.74, 6) is 9.64. The Labute approximate surface area is 197 Å². The standard InChI is InChI=1S/C23H42.C8H16/c1-4-6-10-21-17(3)16-20-9-7-11-22(20)23(21)19-14-12-18(8-5-2)13-15-19;1-7-3-5-8(2)6-4-7/h17-23H,4-16H2,1-3H3;7-8H,3-6H2,1-2H3. The van der Waals surface area contributed by atoms with Gasteiger partial charge in [-0.25, -0.2) is 0 Å². The minimum atomic E-state index is 1.01. The summed E-state index contributed by atoms with van der Waals surface area (Å²) in [4.78, 5) is 0. The van der Waals surface area contributed by atoms with Crippen LogP contribution in [0.15, 0.2) is 0 Å². The maximum atomic E-state index is 2.62. The van der Waals surface area contributed by atoms with Gasteiger partial charge in [0.15, 0.2) is 0 Å². The van der Waals surface area contributed by atoms with Crippen molar-refractivity contribution in [3.63, 3.8) is 0 Å². The molecule has 0 aromatic carbocycles. The van der Waals surface area contributed by atoms with E-state index in [2.05, 4.69) is 34.6 Å². The highest BCUT2D eigenvalue weighted by atomic mass is 14.5. The third-order valence-electron chi connectivity index (χ3n) is 10.4. The van der Waals surface area contributed by atoms with Crippen molar-refractivity contribution in [2.24, 2.45) is 53.3 Å². The maximum Gasteiger partial charge on any atom is -0.0324 e. The summed E-state index contributed by atoms with van der Waals surface area (Å²) in [5.41, 5.74) is 0. The molecule has 4 saturated carbocycles. The van der Waals surface area contributed by atoms with Crippen LogP contribution in [0.4, 0.5) is 0 Å². The number of unbranched alkanes of at least 4 members (excludes halogenated alkanes) is 1. The highest BCUT2D eigenvalue weighted by Crippen LogP contribution is 2.56. The normalized spacial score (nSPS) is 43.1. The van der Waals surface area contributed by atoms with Crippen LogP contribution in [0.3, 0.4) is 0 Å². The molecule has 5 atom stereocenters. The van der Waals surface area contributed by atoms with E-state index < -0.39 is 0 Å². The van der Waals surface area contributed by atoms with Gasteiger partial charge >= 0.3 is 0 Å². The molecule has 0 aromatic heterocycles. The molecule has 0 heterocycles. The Balaban J connectivity index is 0.000000287. The number of rotatable bonds is 6. The summed E-state index contributed by atoms with van der Waals surface area (Å²) >= 11 is 0. The van der Waals surface area contributed by atoms with E-state index in [9.17, 15) is 0 Å². The Kier molecular flexibility index (Phi) is 10.8. The maximum absolute atomic E-state index is 2.62. The monoisotopic (exact) mass is 430 g/mol. The van der Waals surface area contributed by atoms with Crippen LogP contribution in [0.2, 0.25) is 0 Å². The van der Waals surface area contributed by atoms with E-state index >= 15 is 0 Å². The number of hydrogen-bond acceptors (Lipinski definition) is 0. The summed E-state index contributed by atoms with van der Waals surface area (Å²) < 4.78 is 0. The summed E-state index contributed by atoms with van der Waals surface area (Å²) in [5, 5.41) is 0. The smallest absolute Gasteiger partial charge is 0.0324 e. The molecule has 182 valence electrons. The molecule has 5 unspecified atom stereocenters. The molecule has 0 saturated heterocycles. The fourth-order valence-electron chi connectivity index (χ4n) is 8.53. The second-order valence-corrected chi connectivity index (χ2v) is 12.9. The molecule has 0 radical (unpaired) electrons. The summed E-state index contributed by atoms with van der Waals surface area (Å²) in [6.45, 7) is 12.1. The van der Waals surface area contributed by atoms with Crippen molar-refractivity contribution in [3.05, 3.63) is 0 Å². The van der Waals surface area contributed by atoms with Gasteiger partial charge in [-0.1, -0.05) is 112 Å². The zero-order valence-electron chi connectivity index (χ0n) is 22.2. The van der Waals surface area contributed by atoms with E-state index in [4.69, 9.17) is 0 Å². The van der Waals surface area contributed by atoms with E-state index in [0.29, 0.717) is 0 Å². The minimum Gasteiger partial charge on any atom is -0.0654 e. The second-order valence-electron chi connectivity index (χ2n) is 12.9. The summed E-state index contributed by atoms with van der Waals surface area (Å²) in [6.07, 6.45) is 25.7. The lowest BCUT2D eigenvalue weighted by Crippen LogP contribution is -2.42. The first-order valence-corrected chi connectivity index (χ1v) is 15.0. The molecular formula is C31H58. The summed E-state index contributed by atoms with van der Waals surface area (Å²) in [7, 11) is 0. The van der Waals surface area contributed by atoms with E-state index in [0.717, 1.165) is 53.3 Å². The SMILES string of the molecule is CC1CCC(C)CC1.CCCCC1C(C)CC2CCCC2C1C1CCC(CCC)CC1. The van der Waals surface area contributed by atoms with E-state index in [-0.39, 0.29) is 0 Å². The predicted octanol–water partition coefficient (Wildman–Crippen LogP) is 10.3. The van der Waals surface area contributed by atoms with Crippen LogP contribution < -0.4 is 0 Å². The third kappa shape index (κ3) is 7.24. The van der Waals surface area contributed by atoms with Crippen LogP contribution in [0.5, 0.6) is 0 Å². The van der Waals surface area contributed by atoms with Crippen molar-refractivity contribution < 1.29 is 0 Å². The van der Waals surface area contributed by atoms with Crippen LogP contribution in [-0.2, 0) is 0 Å². The first-order chi connectivity index (χ1) is 15.0. The van der Waals surface area contributed by atoms with Gasteiger partial charge in [0.05, 0.1) is 0 Å². The highest BCUT2D eigenvalue weighted by molar-refractivity contribution is 4.97. The lowest BCUT2D eigenvalue weighted by molar-refractivity contribution is -0.00284. The van der Waals surface area contributed by atoms with Crippen LogP contribution in [-0.4, -0.2) is 0 Å². The van der Waals surface area contributed by atoms with Crippen molar-refractivity contribution >= 4 is 0 Å². The van der Waals surface area contributed by atoms with Crippen LogP contribution in [0.25, 0.3) is 0 Å². The first kappa shape index (κ1) is 25.6. The zero-order valence-corrected chi connectivity index (χ0v) is 22.2. The Bertz CT molecular complexity index is 454. The molecule has 0 nitrogen and oxygen atoms in total. The van der Waals surface area contributed by atoms with E-state index in [1.165, 1.54) is 51.4 Å². The fourth-order valence-corrected chi connectivity index (χ4v) is 8.53. The number of fused-ring (bicyclic) bond motifs is 1. The molecule has 0 aromatic rings. The van der Waals surface area contributed by atoms with Crippen LogP contribution in [0.1, 0.15) is 144 Å². The van der Waals surface area contributed by atoms with Gasteiger partial charge in [-0.3, -0.25) is 0 Å². The molecule has 0 spiro atoms. The second kappa shape index (κ2) is 13.0. The Morgan fingerprint density at radius 1 is 0.613 bits per heavy atom. The van der Waals surface area contributed by atoms with Gasteiger partial charge in [-0.05, 0) is 85.4 Å². The van der Waals surface area contributed by atoms with E-state index in [1.807, 2.05) is 0 Å². The topological polar surface area (TPSA) is 0 Å². The largest absolute Gasteiger partial charge is 0.0654 e. The van der Waals surface area contributed by atoms with Crippen molar-refractivity contribution in [2.75, 3.05) is 0 Å². The first-order valence-electron chi connectivity index (χ1n) is 15.0.